The number of anilines is 3. The lowest BCUT2D eigenvalue weighted by atomic mass is 10.1. The first-order valence-corrected chi connectivity index (χ1v) is 8.13. The molecule has 128 valence electrons. The van der Waals surface area contributed by atoms with Gasteiger partial charge in [-0.3, -0.25) is 4.98 Å². The lowest BCUT2D eigenvalue weighted by molar-refractivity contribution is 0.416. The molecule has 2 heterocycles. The van der Waals surface area contributed by atoms with Crippen LogP contribution in [0.1, 0.15) is 0 Å². The molecular formula is C20H17N5O. The van der Waals surface area contributed by atoms with Crippen molar-refractivity contribution in [2.24, 2.45) is 0 Å². The molecule has 0 aliphatic heterocycles. The second-order valence-electron chi connectivity index (χ2n) is 5.70. The molecule has 0 atom stereocenters. The summed E-state index contributed by atoms with van der Waals surface area (Å²) in [6, 6.07) is 17.1. The minimum atomic E-state index is 0.509. The van der Waals surface area contributed by atoms with Gasteiger partial charge >= 0.3 is 0 Å². The van der Waals surface area contributed by atoms with E-state index >= 15 is 0 Å². The largest absolute Gasteiger partial charge is 0.496 e. The van der Waals surface area contributed by atoms with Crippen molar-refractivity contribution in [2.75, 3.05) is 18.2 Å². The van der Waals surface area contributed by atoms with Gasteiger partial charge < -0.3 is 15.8 Å². The normalized spacial score (nSPS) is 10.7. The molecule has 6 heteroatoms. The zero-order valence-electron chi connectivity index (χ0n) is 14.2. The summed E-state index contributed by atoms with van der Waals surface area (Å²) in [6.45, 7) is 0. The molecule has 0 aliphatic carbocycles. The van der Waals surface area contributed by atoms with Crippen LogP contribution >= 0.6 is 0 Å². The summed E-state index contributed by atoms with van der Waals surface area (Å²) in [5.41, 5.74) is 9.14. The van der Waals surface area contributed by atoms with Crippen LogP contribution in [-0.4, -0.2) is 22.1 Å². The van der Waals surface area contributed by atoms with Crippen LogP contribution < -0.4 is 15.8 Å². The molecule has 0 bridgehead atoms. The number of pyridine rings is 1. The van der Waals surface area contributed by atoms with Gasteiger partial charge in [0.05, 0.1) is 18.2 Å². The molecule has 0 saturated heterocycles. The summed E-state index contributed by atoms with van der Waals surface area (Å²) >= 11 is 0. The predicted molar refractivity (Wildman–Crippen MR) is 103 cm³/mol. The van der Waals surface area contributed by atoms with Gasteiger partial charge in [0.1, 0.15) is 11.6 Å². The van der Waals surface area contributed by atoms with E-state index in [0.717, 1.165) is 16.6 Å². The lowest BCUT2D eigenvalue weighted by Crippen LogP contribution is -2.02. The standard InChI is InChI=1S/C20H17N5O/c1-26-17-8-4-6-15(21)18(17)20-24-16-7-3-2-5-14(16)19(25-20)23-13-9-11-22-12-10-13/h2-12H,21H2,1H3,(H,22,23,24,25). The summed E-state index contributed by atoms with van der Waals surface area (Å²) in [7, 11) is 1.61. The molecule has 2 aromatic heterocycles. The van der Waals surface area contributed by atoms with Crippen molar-refractivity contribution in [3.05, 3.63) is 67.0 Å². The summed E-state index contributed by atoms with van der Waals surface area (Å²) in [5.74, 6) is 1.84. The highest BCUT2D eigenvalue weighted by atomic mass is 16.5. The van der Waals surface area contributed by atoms with Gasteiger partial charge in [0, 0.05) is 29.2 Å². The second-order valence-corrected chi connectivity index (χ2v) is 5.70. The highest BCUT2D eigenvalue weighted by Gasteiger charge is 2.16. The van der Waals surface area contributed by atoms with E-state index in [1.807, 2.05) is 54.6 Å². The van der Waals surface area contributed by atoms with Crippen LogP contribution in [0.5, 0.6) is 5.75 Å². The fourth-order valence-corrected chi connectivity index (χ4v) is 2.81. The van der Waals surface area contributed by atoms with Gasteiger partial charge in [-0.05, 0) is 36.4 Å². The van der Waals surface area contributed by atoms with E-state index in [-0.39, 0.29) is 0 Å². The van der Waals surface area contributed by atoms with Crippen molar-refractivity contribution in [3.63, 3.8) is 0 Å². The predicted octanol–water partition coefficient (Wildman–Crippen LogP) is 4.03. The average Bonchev–Trinajstić information content (AvgIpc) is 2.68. The number of nitrogen functional groups attached to an aromatic ring is 1. The number of para-hydroxylation sites is 1. The molecule has 0 saturated carbocycles. The zero-order valence-corrected chi connectivity index (χ0v) is 14.2. The Kier molecular flexibility index (Phi) is 4.07. The summed E-state index contributed by atoms with van der Waals surface area (Å²) in [6.07, 6.45) is 3.45. The Hall–Kier alpha value is -3.67. The SMILES string of the molecule is COc1cccc(N)c1-c1nc(Nc2ccncc2)c2ccccc2n1. The smallest absolute Gasteiger partial charge is 0.167 e. The fourth-order valence-electron chi connectivity index (χ4n) is 2.81. The maximum atomic E-state index is 6.19. The molecule has 4 aromatic rings. The third-order valence-corrected chi connectivity index (χ3v) is 4.05. The van der Waals surface area contributed by atoms with Crippen molar-refractivity contribution in [2.45, 2.75) is 0 Å². The quantitative estimate of drug-likeness (QED) is 0.544. The number of ether oxygens (including phenoxy) is 1. The molecule has 0 amide bonds. The Labute approximate surface area is 150 Å². The molecule has 26 heavy (non-hydrogen) atoms. The van der Waals surface area contributed by atoms with Crippen molar-refractivity contribution < 1.29 is 4.74 Å². The number of hydrogen-bond donors (Lipinski definition) is 2. The number of nitrogens with one attached hydrogen (secondary N) is 1. The summed E-state index contributed by atoms with van der Waals surface area (Å²) < 4.78 is 5.46. The van der Waals surface area contributed by atoms with Gasteiger partial charge in [0.2, 0.25) is 0 Å². The number of nitrogens with two attached hydrogens (primary N) is 1. The van der Waals surface area contributed by atoms with E-state index in [2.05, 4.69) is 10.3 Å². The third kappa shape index (κ3) is 2.88. The van der Waals surface area contributed by atoms with Crippen molar-refractivity contribution in [3.8, 4) is 17.1 Å². The van der Waals surface area contributed by atoms with Crippen LogP contribution in [-0.2, 0) is 0 Å². The molecule has 4 rings (SSSR count). The van der Waals surface area contributed by atoms with Crippen LogP contribution in [0.4, 0.5) is 17.2 Å². The first-order chi connectivity index (χ1) is 12.8. The van der Waals surface area contributed by atoms with E-state index in [1.165, 1.54) is 0 Å². The van der Waals surface area contributed by atoms with Gasteiger partial charge in [0.25, 0.3) is 0 Å². The molecule has 0 unspecified atom stereocenters. The van der Waals surface area contributed by atoms with E-state index in [4.69, 9.17) is 20.4 Å². The second kappa shape index (κ2) is 6.68. The monoisotopic (exact) mass is 343 g/mol. The minimum Gasteiger partial charge on any atom is -0.496 e. The number of benzene rings is 2. The van der Waals surface area contributed by atoms with Crippen molar-refractivity contribution in [1.29, 1.82) is 0 Å². The highest BCUT2D eigenvalue weighted by molar-refractivity contribution is 5.93. The first kappa shape index (κ1) is 15.8. The Morgan fingerprint density at radius 1 is 0.923 bits per heavy atom. The Morgan fingerprint density at radius 3 is 2.54 bits per heavy atom. The molecule has 3 N–H and O–H groups in total. The molecule has 0 fully saturated rings. The number of aromatic nitrogens is 3. The molecule has 0 spiro atoms. The van der Waals surface area contributed by atoms with E-state index in [9.17, 15) is 0 Å². The van der Waals surface area contributed by atoms with Crippen molar-refractivity contribution >= 4 is 28.1 Å². The van der Waals surface area contributed by atoms with Crippen LogP contribution in [0, 0.1) is 0 Å². The van der Waals surface area contributed by atoms with Gasteiger partial charge in [0.15, 0.2) is 5.82 Å². The van der Waals surface area contributed by atoms with E-state index < -0.39 is 0 Å². The summed E-state index contributed by atoms with van der Waals surface area (Å²) in [5, 5.41) is 4.26. The molecular weight excluding hydrogens is 326 g/mol. The fraction of sp³-hybridized carbons (Fsp3) is 0.0500. The Balaban J connectivity index is 1.93. The van der Waals surface area contributed by atoms with Gasteiger partial charge in [-0.1, -0.05) is 18.2 Å². The minimum absolute atomic E-state index is 0.509. The van der Waals surface area contributed by atoms with Crippen LogP contribution in [0.15, 0.2) is 67.0 Å². The van der Waals surface area contributed by atoms with E-state index in [0.29, 0.717) is 28.6 Å². The maximum absolute atomic E-state index is 6.19. The van der Waals surface area contributed by atoms with Gasteiger partial charge in [-0.2, -0.15) is 0 Å². The maximum Gasteiger partial charge on any atom is 0.167 e. The number of rotatable bonds is 4. The average molecular weight is 343 g/mol. The molecule has 2 aromatic carbocycles. The topological polar surface area (TPSA) is 86.0 Å². The van der Waals surface area contributed by atoms with Crippen molar-refractivity contribution in [1.82, 2.24) is 15.0 Å². The highest BCUT2D eigenvalue weighted by Crippen LogP contribution is 2.35. The van der Waals surface area contributed by atoms with Crippen LogP contribution in [0.2, 0.25) is 0 Å². The molecule has 0 radical (unpaired) electrons. The first-order valence-electron chi connectivity index (χ1n) is 8.13. The zero-order chi connectivity index (χ0) is 17.9. The molecule has 6 nitrogen and oxygen atoms in total. The Bertz CT molecular complexity index is 1070. The van der Waals surface area contributed by atoms with Gasteiger partial charge in [-0.25, -0.2) is 9.97 Å². The number of hydrogen-bond acceptors (Lipinski definition) is 6. The van der Waals surface area contributed by atoms with Gasteiger partial charge in [-0.15, -0.1) is 0 Å². The Morgan fingerprint density at radius 2 is 1.73 bits per heavy atom. The lowest BCUT2D eigenvalue weighted by Gasteiger charge is -2.14. The summed E-state index contributed by atoms with van der Waals surface area (Å²) in [4.78, 5) is 13.5. The molecule has 0 aliphatic rings. The number of methoxy groups -OCH3 is 1. The number of fused-ring (bicyclic) bond motifs is 1. The number of nitrogens with zero attached hydrogens (tertiary/aromatic N) is 3. The van der Waals surface area contributed by atoms with Crippen LogP contribution in [0.3, 0.4) is 0 Å². The van der Waals surface area contributed by atoms with E-state index in [1.54, 1.807) is 19.5 Å². The third-order valence-electron chi connectivity index (χ3n) is 4.05. The van der Waals surface area contributed by atoms with Crippen LogP contribution in [0.25, 0.3) is 22.3 Å².